The summed E-state index contributed by atoms with van der Waals surface area (Å²) in [6.07, 6.45) is -0.472. The molecule has 28 heavy (non-hydrogen) atoms. The number of carboxylic acid groups (broad SMARTS) is 1. The zero-order valence-electron chi connectivity index (χ0n) is 14.7. The number of nitrogen functional groups attached to an aromatic ring is 1. The van der Waals surface area contributed by atoms with Gasteiger partial charge in [-0.1, -0.05) is 12.1 Å². The predicted molar refractivity (Wildman–Crippen MR) is 103 cm³/mol. The highest BCUT2D eigenvalue weighted by Gasteiger charge is 2.20. The van der Waals surface area contributed by atoms with Crippen molar-refractivity contribution >= 4 is 40.7 Å². The molecule has 0 saturated heterocycles. The van der Waals surface area contributed by atoms with Crippen LogP contribution in [0.5, 0.6) is 0 Å². The van der Waals surface area contributed by atoms with Crippen LogP contribution in [0.4, 0.5) is 11.4 Å². The number of rotatable bonds is 5. The summed E-state index contributed by atoms with van der Waals surface area (Å²) in [5, 5.41) is 21.6. The number of aliphatic carboxylic acids is 1. The highest BCUT2D eigenvalue weighted by molar-refractivity contribution is 6.42. The van der Waals surface area contributed by atoms with Crippen molar-refractivity contribution in [2.45, 2.75) is 13.0 Å². The number of nitrogens with one attached hydrogen (secondary N) is 3. The van der Waals surface area contributed by atoms with Gasteiger partial charge in [0.2, 0.25) is 0 Å². The molecular formula is C19H17N5O4. The minimum absolute atomic E-state index is 0.0754. The van der Waals surface area contributed by atoms with Crippen LogP contribution in [0, 0.1) is 5.41 Å². The highest BCUT2D eigenvalue weighted by atomic mass is 16.4. The number of hydrogen-bond acceptors (Lipinski definition) is 5. The summed E-state index contributed by atoms with van der Waals surface area (Å²) >= 11 is 0. The van der Waals surface area contributed by atoms with Crippen LogP contribution < -0.4 is 16.4 Å². The van der Waals surface area contributed by atoms with Crippen LogP contribution in [0.1, 0.15) is 27.9 Å². The molecule has 0 aliphatic carbocycles. The average molecular weight is 379 g/mol. The standard InChI is InChI=1S/C19H17N5O4/c20-17(21)10-1-3-11(4-2-10)18(27)23-13-5-6-14-12(7-13)9-22-19(28)15(24-14)8-16(25)26/h1-7H,8-9H2,(H3,20,21)(H,22,28)(H,23,27)(H,25,26). The molecule has 6 N–H and O–H groups in total. The van der Waals surface area contributed by atoms with E-state index in [1.54, 1.807) is 42.5 Å². The molecule has 0 radical (unpaired) electrons. The summed E-state index contributed by atoms with van der Waals surface area (Å²) in [6.45, 7) is 0.164. The minimum Gasteiger partial charge on any atom is -0.481 e. The van der Waals surface area contributed by atoms with Gasteiger partial charge < -0.3 is 21.5 Å². The van der Waals surface area contributed by atoms with E-state index in [4.69, 9.17) is 16.2 Å². The summed E-state index contributed by atoms with van der Waals surface area (Å²) in [4.78, 5) is 39.4. The number of hydrogen-bond donors (Lipinski definition) is 5. The van der Waals surface area contributed by atoms with Gasteiger partial charge in [-0.25, -0.2) is 4.99 Å². The van der Waals surface area contributed by atoms with Crippen molar-refractivity contribution in [1.29, 1.82) is 5.41 Å². The van der Waals surface area contributed by atoms with Gasteiger partial charge in [-0.05, 0) is 35.9 Å². The number of amides is 2. The molecule has 3 rings (SSSR count). The summed E-state index contributed by atoms with van der Waals surface area (Å²) in [6, 6.07) is 11.2. The Labute approximate surface area is 159 Å². The van der Waals surface area contributed by atoms with E-state index in [1.165, 1.54) is 0 Å². The van der Waals surface area contributed by atoms with Gasteiger partial charge in [0.05, 0.1) is 12.1 Å². The van der Waals surface area contributed by atoms with E-state index < -0.39 is 18.3 Å². The average Bonchev–Trinajstić information content (AvgIpc) is 2.80. The molecule has 9 heteroatoms. The van der Waals surface area contributed by atoms with Crippen molar-refractivity contribution in [3.63, 3.8) is 0 Å². The van der Waals surface area contributed by atoms with E-state index in [9.17, 15) is 14.4 Å². The maximum Gasteiger partial charge on any atom is 0.309 e. The molecule has 0 unspecified atom stereocenters. The third-order valence-corrected chi connectivity index (χ3v) is 4.07. The summed E-state index contributed by atoms with van der Waals surface area (Å²) in [5.74, 6) is -2.10. The number of carboxylic acids is 1. The molecule has 0 fully saturated rings. The predicted octanol–water partition coefficient (Wildman–Crippen LogP) is 1.40. The Morgan fingerprint density at radius 1 is 1.18 bits per heavy atom. The number of carbonyl (C=O) groups is 3. The SMILES string of the molecule is N=C(N)c1ccc(C(=O)Nc2ccc3c(c2)CNC(=O)C(CC(=O)O)=N3)cc1. The van der Waals surface area contributed by atoms with Gasteiger partial charge in [0.25, 0.3) is 11.8 Å². The van der Waals surface area contributed by atoms with Gasteiger partial charge in [0.15, 0.2) is 0 Å². The van der Waals surface area contributed by atoms with Crippen molar-refractivity contribution < 1.29 is 19.5 Å². The molecule has 0 saturated carbocycles. The second-order valence-electron chi connectivity index (χ2n) is 6.10. The molecule has 2 aromatic carbocycles. The van der Waals surface area contributed by atoms with Gasteiger partial charge in [-0.2, -0.15) is 0 Å². The van der Waals surface area contributed by atoms with Crippen LogP contribution in [0.2, 0.25) is 0 Å². The molecule has 2 amide bonds. The number of amidine groups is 1. The first-order valence-corrected chi connectivity index (χ1v) is 8.30. The van der Waals surface area contributed by atoms with Crippen molar-refractivity contribution in [2.75, 3.05) is 5.32 Å². The third-order valence-electron chi connectivity index (χ3n) is 4.07. The number of nitrogens with zero attached hydrogens (tertiary/aromatic N) is 1. The fraction of sp³-hybridized carbons (Fsp3) is 0.105. The fourth-order valence-corrected chi connectivity index (χ4v) is 2.66. The molecule has 0 aromatic heterocycles. The van der Waals surface area contributed by atoms with E-state index in [-0.39, 0.29) is 24.0 Å². The first-order chi connectivity index (χ1) is 13.3. The zero-order chi connectivity index (χ0) is 20.3. The number of fused-ring (bicyclic) bond motifs is 1. The first-order valence-electron chi connectivity index (χ1n) is 8.30. The minimum atomic E-state index is -1.14. The van der Waals surface area contributed by atoms with E-state index >= 15 is 0 Å². The Morgan fingerprint density at radius 2 is 1.86 bits per heavy atom. The van der Waals surface area contributed by atoms with Crippen molar-refractivity contribution in [1.82, 2.24) is 5.32 Å². The second kappa shape index (κ2) is 7.70. The van der Waals surface area contributed by atoms with E-state index in [0.29, 0.717) is 28.1 Å². The Kier molecular flexibility index (Phi) is 5.16. The number of benzene rings is 2. The molecule has 1 heterocycles. The molecule has 142 valence electrons. The van der Waals surface area contributed by atoms with E-state index in [0.717, 1.165) is 0 Å². The van der Waals surface area contributed by atoms with Gasteiger partial charge in [-0.3, -0.25) is 19.8 Å². The smallest absolute Gasteiger partial charge is 0.309 e. The van der Waals surface area contributed by atoms with Crippen LogP contribution in [0.15, 0.2) is 47.5 Å². The van der Waals surface area contributed by atoms with Crippen LogP contribution in [-0.2, 0) is 16.1 Å². The Balaban J connectivity index is 1.79. The van der Waals surface area contributed by atoms with Crippen LogP contribution >= 0.6 is 0 Å². The summed E-state index contributed by atoms with van der Waals surface area (Å²) in [5.41, 5.74) is 7.87. The maximum atomic E-state index is 12.4. The molecule has 2 aromatic rings. The van der Waals surface area contributed by atoms with E-state index in [1.807, 2.05) is 0 Å². The molecule has 0 spiro atoms. The molecule has 1 aliphatic heterocycles. The lowest BCUT2D eigenvalue weighted by Crippen LogP contribution is -2.30. The summed E-state index contributed by atoms with van der Waals surface area (Å²) < 4.78 is 0. The number of aliphatic imine (C=N–C) groups is 1. The largest absolute Gasteiger partial charge is 0.481 e. The van der Waals surface area contributed by atoms with Crippen molar-refractivity contribution in [3.05, 3.63) is 59.2 Å². The Hall–Kier alpha value is -4.01. The monoisotopic (exact) mass is 379 g/mol. The maximum absolute atomic E-state index is 12.4. The molecule has 0 bridgehead atoms. The topological polar surface area (TPSA) is 158 Å². The number of nitrogens with two attached hydrogens (primary N) is 1. The molecule has 0 atom stereocenters. The van der Waals surface area contributed by atoms with Gasteiger partial charge in [-0.15, -0.1) is 0 Å². The Bertz CT molecular complexity index is 1010. The lowest BCUT2D eigenvalue weighted by Gasteiger charge is -2.09. The third kappa shape index (κ3) is 4.21. The molecule has 1 aliphatic rings. The quantitative estimate of drug-likeness (QED) is 0.392. The van der Waals surface area contributed by atoms with Crippen molar-refractivity contribution in [3.8, 4) is 0 Å². The molecular weight excluding hydrogens is 362 g/mol. The Morgan fingerprint density at radius 3 is 2.50 bits per heavy atom. The number of carbonyl (C=O) groups excluding carboxylic acids is 2. The van der Waals surface area contributed by atoms with Gasteiger partial charge >= 0.3 is 5.97 Å². The van der Waals surface area contributed by atoms with Crippen molar-refractivity contribution in [2.24, 2.45) is 10.7 Å². The van der Waals surface area contributed by atoms with Crippen LogP contribution in [0.3, 0.4) is 0 Å². The van der Waals surface area contributed by atoms with Crippen LogP contribution in [-0.4, -0.2) is 34.4 Å². The summed E-state index contributed by atoms with van der Waals surface area (Å²) in [7, 11) is 0. The highest BCUT2D eigenvalue weighted by Crippen LogP contribution is 2.26. The molecule has 9 nitrogen and oxygen atoms in total. The lowest BCUT2D eigenvalue weighted by molar-refractivity contribution is -0.136. The normalized spacial score (nSPS) is 12.9. The fourth-order valence-electron chi connectivity index (χ4n) is 2.66. The first kappa shape index (κ1) is 18.8. The van der Waals surface area contributed by atoms with Gasteiger partial charge in [0.1, 0.15) is 11.5 Å². The zero-order valence-corrected chi connectivity index (χ0v) is 14.7. The second-order valence-corrected chi connectivity index (χ2v) is 6.10. The van der Waals surface area contributed by atoms with Crippen LogP contribution in [0.25, 0.3) is 0 Å². The van der Waals surface area contributed by atoms with Gasteiger partial charge in [0, 0.05) is 23.4 Å². The lowest BCUT2D eigenvalue weighted by atomic mass is 10.1. The number of anilines is 1. The van der Waals surface area contributed by atoms with E-state index in [2.05, 4.69) is 15.6 Å².